The predicted molar refractivity (Wildman–Crippen MR) is 95.9 cm³/mol. The fourth-order valence-electron chi connectivity index (χ4n) is 3.24. The van der Waals surface area contributed by atoms with Gasteiger partial charge in [-0.2, -0.15) is 13.2 Å². The van der Waals surface area contributed by atoms with Gasteiger partial charge < -0.3 is 15.1 Å². The second-order valence-electron chi connectivity index (χ2n) is 6.90. The Morgan fingerprint density at radius 1 is 1.21 bits per heavy atom. The van der Waals surface area contributed by atoms with Crippen LogP contribution in [0.25, 0.3) is 0 Å². The van der Waals surface area contributed by atoms with Gasteiger partial charge in [0.25, 0.3) is 5.91 Å². The van der Waals surface area contributed by atoms with Crippen molar-refractivity contribution in [3.8, 4) is 0 Å². The van der Waals surface area contributed by atoms with Crippen LogP contribution in [0.5, 0.6) is 0 Å². The van der Waals surface area contributed by atoms with E-state index in [4.69, 9.17) is 4.42 Å². The van der Waals surface area contributed by atoms with Crippen LogP contribution in [0.15, 0.2) is 34.7 Å². The van der Waals surface area contributed by atoms with E-state index in [-0.39, 0.29) is 5.69 Å². The summed E-state index contributed by atoms with van der Waals surface area (Å²) in [6.07, 6.45) is -4.49. The Hall–Kier alpha value is -3.30. The molecule has 4 amide bonds. The first-order valence-electron chi connectivity index (χ1n) is 8.60. The molecule has 1 aliphatic rings. The molecule has 0 radical (unpaired) electrons. The number of nitrogens with one attached hydrogen (secondary N) is 2. The minimum atomic E-state index is -4.49. The first kappa shape index (κ1) is 20.4. The standard InChI is InChI=1S/C19H18F3N3O4/c1-10-8-14(11(2)29-10)18(3)16(27)25(17(28)24-18)9-15(26)23-13-6-4-12(5-7-13)19(20,21)22/h4-8H,9H2,1-3H3,(H,23,26)(H,24,28). The Balaban J connectivity index is 1.71. The Morgan fingerprint density at radius 3 is 2.34 bits per heavy atom. The molecule has 7 nitrogen and oxygen atoms in total. The zero-order chi connectivity index (χ0) is 21.6. The molecule has 2 heterocycles. The largest absolute Gasteiger partial charge is 0.466 e. The van der Waals surface area contributed by atoms with Gasteiger partial charge in [-0.25, -0.2) is 4.79 Å². The third kappa shape index (κ3) is 3.82. The maximum Gasteiger partial charge on any atom is 0.416 e. The molecule has 2 aromatic rings. The van der Waals surface area contributed by atoms with Gasteiger partial charge in [-0.15, -0.1) is 0 Å². The topological polar surface area (TPSA) is 91.7 Å². The quantitative estimate of drug-likeness (QED) is 0.758. The van der Waals surface area contributed by atoms with Crippen molar-refractivity contribution < 1.29 is 32.0 Å². The van der Waals surface area contributed by atoms with E-state index >= 15 is 0 Å². The van der Waals surface area contributed by atoms with Gasteiger partial charge in [-0.05, 0) is 51.1 Å². The van der Waals surface area contributed by atoms with Crippen molar-refractivity contribution in [3.05, 3.63) is 53.0 Å². The summed E-state index contributed by atoms with van der Waals surface area (Å²) < 4.78 is 43.2. The highest BCUT2D eigenvalue weighted by molar-refractivity contribution is 6.10. The van der Waals surface area contributed by atoms with E-state index in [1.807, 2.05) is 0 Å². The number of alkyl halides is 3. The number of furan rings is 1. The average molecular weight is 409 g/mol. The van der Waals surface area contributed by atoms with Crippen molar-refractivity contribution in [3.63, 3.8) is 0 Å². The molecule has 1 aliphatic heterocycles. The number of imide groups is 1. The van der Waals surface area contributed by atoms with Crippen LogP contribution in [0.1, 0.15) is 29.6 Å². The van der Waals surface area contributed by atoms with E-state index in [1.165, 1.54) is 6.92 Å². The van der Waals surface area contributed by atoms with Crippen molar-refractivity contribution in [2.24, 2.45) is 0 Å². The lowest BCUT2D eigenvalue weighted by molar-refractivity contribution is -0.137. The fourth-order valence-corrected chi connectivity index (χ4v) is 3.24. The molecule has 3 rings (SSSR count). The highest BCUT2D eigenvalue weighted by Crippen LogP contribution is 2.33. The zero-order valence-electron chi connectivity index (χ0n) is 15.8. The van der Waals surface area contributed by atoms with Gasteiger partial charge >= 0.3 is 12.2 Å². The molecule has 1 aromatic carbocycles. The summed E-state index contributed by atoms with van der Waals surface area (Å²) in [6.45, 7) is 4.29. The van der Waals surface area contributed by atoms with Crippen LogP contribution in [0.2, 0.25) is 0 Å². The first-order valence-corrected chi connectivity index (χ1v) is 8.60. The number of anilines is 1. The van der Waals surface area contributed by atoms with Gasteiger partial charge in [0.05, 0.1) is 5.56 Å². The monoisotopic (exact) mass is 409 g/mol. The van der Waals surface area contributed by atoms with E-state index in [0.29, 0.717) is 17.1 Å². The lowest BCUT2D eigenvalue weighted by Gasteiger charge is -2.21. The van der Waals surface area contributed by atoms with Crippen molar-refractivity contribution in [1.29, 1.82) is 0 Å². The number of rotatable bonds is 4. The van der Waals surface area contributed by atoms with Crippen LogP contribution in [-0.2, 0) is 21.3 Å². The van der Waals surface area contributed by atoms with Gasteiger partial charge in [0.1, 0.15) is 23.6 Å². The third-order valence-electron chi connectivity index (χ3n) is 4.65. The smallest absolute Gasteiger partial charge is 0.416 e. The van der Waals surface area contributed by atoms with E-state index < -0.39 is 41.7 Å². The van der Waals surface area contributed by atoms with Crippen LogP contribution >= 0.6 is 0 Å². The predicted octanol–water partition coefficient (Wildman–Crippen LogP) is 3.32. The molecule has 0 aliphatic carbocycles. The number of aryl methyl sites for hydroxylation is 2. The summed E-state index contributed by atoms with van der Waals surface area (Å²) in [5.74, 6) is -0.319. The maximum atomic E-state index is 12.8. The normalized spacial score (nSPS) is 19.4. The molecule has 29 heavy (non-hydrogen) atoms. The zero-order valence-corrected chi connectivity index (χ0v) is 15.8. The summed E-state index contributed by atoms with van der Waals surface area (Å²) in [7, 11) is 0. The number of hydrogen-bond donors (Lipinski definition) is 2. The minimum absolute atomic E-state index is 0.110. The number of amides is 4. The SMILES string of the molecule is Cc1cc(C2(C)NC(=O)N(CC(=O)Nc3ccc(C(F)(F)F)cc3)C2=O)c(C)o1. The number of nitrogens with zero attached hydrogens (tertiary/aromatic N) is 1. The molecule has 154 valence electrons. The van der Waals surface area contributed by atoms with Crippen LogP contribution < -0.4 is 10.6 Å². The fraction of sp³-hybridized carbons (Fsp3) is 0.316. The molecule has 10 heteroatoms. The van der Waals surface area contributed by atoms with E-state index in [9.17, 15) is 27.6 Å². The average Bonchev–Trinajstić information content (AvgIpc) is 3.06. The van der Waals surface area contributed by atoms with Crippen molar-refractivity contribution in [1.82, 2.24) is 10.2 Å². The second-order valence-corrected chi connectivity index (χ2v) is 6.90. The second kappa shape index (κ2) is 6.94. The van der Waals surface area contributed by atoms with Crippen molar-refractivity contribution in [2.75, 3.05) is 11.9 Å². The number of carbonyl (C=O) groups excluding carboxylic acids is 3. The number of hydrogen-bond acceptors (Lipinski definition) is 4. The van der Waals surface area contributed by atoms with E-state index in [0.717, 1.165) is 29.2 Å². The van der Waals surface area contributed by atoms with Crippen LogP contribution in [0.3, 0.4) is 0 Å². The third-order valence-corrected chi connectivity index (χ3v) is 4.65. The molecule has 1 aromatic heterocycles. The Bertz CT molecular complexity index is 982. The molecule has 1 atom stereocenters. The molecule has 0 spiro atoms. The molecule has 0 bridgehead atoms. The van der Waals surface area contributed by atoms with Crippen LogP contribution in [0, 0.1) is 13.8 Å². The Morgan fingerprint density at radius 2 is 1.83 bits per heavy atom. The van der Waals surface area contributed by atoms with E-state index in [2.05, 4.69) is 10.6 Å². The maximum absolute atomic E-state index is 12.8. The van der Waals surface area contributed by atoms with Gasteiger partial charge in [0, 0.05) is 11.3 Å². The summed E-state index contributed by atoms with van der Waals surface area (Å²) >= 11 is 0. The summed E-state index contributed by atoms with van der Waals surface area (Å²) in [5.41, 5.74) is -1.64. The number of benzene rings is 1. The van der Waals surface area contributed by atoms with Crippen molar-refractivity contribution in [2.45, 2.75) is 32.5 Å². The molecular weight excluding hydrogens is 391 g/mol. The highest BCUT2D eigenvalue weighted by Gasteiger charge is 2.51. The summed E-state index contributed by atoms with van der Waals surface area (Å²) in [5, 5.41) is 4.94. The van der Waals surface area contributed by atoms with E-state index in [1.54, 1.807) is 19.9 Å². The van der Waals surface area contributed by atoms with Gasteiger partial charge in [0.15, 0.2) is 0 Å². The number of carbonyl (C=O) groups is 3. The number of urea groups is 1. The van der Waals surface area contributed by atoms with Crippen LogP contribution in [0.4, 0.5) is 23.7 Å². The molecule has 1 saturated heterocycles. The molecule has 2 N–H and O–H groups in total. The lowest BCUT2D eigenvalue weighted by atomic mass is 9.92. The summed E-state index contributed by atoms with van der Waals surface area (Å²) in [6, 6.07) is 4.72. The minimum Gasteiger partial charge on any atom is -0.466 e. The van der Waals surface area contributed by atoms with Crippen molar-refractivity contribution >= 4 is 23.5 Å². The van der Waals surface area contributed by atoms with Gasteiger partial charge in [0.2, 0.25) is 5.91 Å². The molecule has 0 saturated carbocycles. The highest BCUT2D eigenvalue weighted by atomic mass is 19.4. The summed E-state index contributed by atoms with van der Waals surface area (Å²) in [4.78, 5) is 38.1. The van der Waals surface area contributed by atoms with Gasteiger partial charge in [-0.1, -0.05) is 0 Å². The first-order chi connectivity index (χ1) is 13.4. The molecule has 1 fully saturated rings. The Labute approximate surface area is 163 Å². The van der Waals surface area contributed by atoms with Crippen LogP contribution in [-0.4, -0.2) is 29.3 Å². The molecular formula is C19H18F3N3O4. The lowest BCUT2D eigenvalue weighted by Crippen LogP contribution is -2.42. The van der Waals surface area contributed by atoms with Gasteiger partial charge in [-0.3, -0.25) is 14.5 Å². The molecule has 1 unspecified atom stereocenters. The Kier molecular flexibility index (Phi) is 4.89. The number of halogens is 3.